The van der Waals surface area contributed by atoms with E-state index in [-0.39, 0.29) is 10.9 Å². The highest BCUT2D eigenvalue weighted by molar-refractivity contribution is 5.92. The Morgan fingerprint density at radius 2 is 2.21 bits per heavy atom. The van der Waals surface area contributed by atoms with E-state index in [2.05, 4.69) is 4.98 Å². The van der Waals surface area contributed by atoms with Crippen LogP contribution in [0.4, 0.5) is 5.82 Å². The van der Waals surface area contributed by atoms with Crippen molar-refractivity contribution in [1.29, 1.82) is 0 Å². The van der Waals surface area contributed by atoms with Gasteiger partial charge in [0.1, 0.15) is 17.0 Å². The van der Waals surface area contributed by atoms with Crippen LogP contribution in [0.3, 0.4) is 0 Å². The minimum Gasteiger partial charge on any atom is -0.477 e. The third kappa shape index (κ3) is 2.15. The van der Waals surface area contributed by atoms with Gasteiger partial charge in [0.2, 0.25) is 5.43 Å². The first-order valence-electron chi connectivity index (χ1n) is 5.71. The van der Waals surface area contributed by atoms with Crippen LogP contribution in [-0.4, -0.2) is 27.7 Å². The summed E-state index contributed by atoms with van der Waals surface area (Å²) in [6, 6.07) is 3.12. The van der Waals surface area contributed by atoms with Gasteiger partial charge in [0.05, 0.1) is 5.39 Å². The predicted octanol–water partition coefficient (Wildman–Crippen LogP) is 0.425. The number of aromatic carboxylic acids is 1. The topological polar surface area (TPSA) is 101 Å². The average molecular weight is 262 g/mol. The Hall–Kier alpha value is -2.41. The van der Waals surface area contributed by atoms with Crippen LogP contribution in [0.25, 0.3) is 11.0 Å². The second-order valence-electron chi connectivity index (χ2n) is 4.11. The van der Waals surface area contributed by atoms with E-state index in [1.165, 1.54) is 11.2 Å². The maximum Gasteiger partial charge on any atom is 0.341 e. The number of nitrogens with zero attached hydrogens (tertiary/aromatic N) is 3. The Bertz CT molecular complexity index is 706. The van der Waals surface area contributed by atoms with Crippen molar-refractivity contribution < 1.29 is 9.90 Å². The highest BCUT2D eigenvalue weighted by Gasteiger charge is 2.15. The number of hydrogen-bond acceptors (Lipinski definition) is 5. The first-order chi connectivity index (χ1) is 8.95. The molecule has 0 aliphatic rings. The summed E-state index contributed by atoms with van der Waals surface area (Å²) in [6.45, 7) is 2.35. The molecule has 0 radical (unpaired) electrons. The summed E-state index contributed by atoms with van der Waals surface area (Å²) in [4.78, 5) is 27.4. The third-order valence-electron chi connectivity index (χ3n) is 2.84. The summed E-state index contributed by atoms with van der Waals surface area (Å²) in [6.07, 6.45) is 1.31. The van der Waals surface area contributed by atoms with Gasteiger partial charge in [-0.25, -0.2) is 15.6 Å². The number of nitrogens with two attached hydrogens (primary N) is 1. The number of hydrazine groups is 1. The number of carboxylic acid groups (broad SMARTS) is 1. The molecule has 0 bridgehead atoms. The van der Waals surface area contributed by atoms with Crippen LogP contribution in [0.5, 0.6) is 0 Å². The van der Waals surface area contributed by atoms with E-state index >= 15 is 0 Å². The summed E-state index contributed by atoms with van der Waals surface area (Å²) in [5, 5.41) is 10.6. The van der Waals surface area contributed by atoms with Crippen LogP contribution in [0.2, 0.25) is 0 Å². The van der Waals surface area contributed by atoms with Crippen molar-refractivity contribution in [3.05, 3.63) is 34.1 Å². The molecule has 7 heteroatoms. The molecule has 2 rings (SSSR count). The van der Waals surface area contributed by atoms with Gasteiger partial charge in [-0.2, -0.15) is 0 Å². The molecule has 0 spiro atoms. The predicted molar refractivity (Wildman–Crippen MR) is 71.2 cm³/mol. The van der Waals surface area contributed by atoms with Gasteiger partial charge >= 0.3 is 5.97 Å². The molecule has 100 valence electrons. The monoisotopic (exact) mass is 262 g/mol. The second kappa shape index (κ2) is 4.69. The molecule has 0 aromatic carbocycles. The molecule has 7 nitrogen and oxygen atoms in total. The molecule has 0 unspecified atom stereocenters. The number of carbonyl (C=O) groups is 1. The molecule has 0 saturated carbocycles. The fourth-order valence-corrected chi connectivity index (χ4v) is 1.85. The average Bonchev–Trinajstić information content (AvgIpc) is 2.38. The zero-order valence-electron chi connectivity index (χ0n) is 10.6. The summed E-state index contributed by atoms with van der Waals surface area (Å²) in [5.74, 6) is 4.86. The summed E-state index contributed by atoms with van der Waals surface area (Å²) < 4.78 is 1.62. The maximum atomic E-state index is 12.0. The number of anilines is 1. The molecule has 0 saturated heterocycles. The smallest absolute Gasteiger partial charge is 0.341 e. The van der Waals surface area contributed by atoms with Crippen molar-refractivity contribution in [2.45, 2.75) is 13.5 Å². The molecule has 0 aliphatic carbocycles. The lowest BCUT2D eigenvalue weighted by molar-refractivity contribution is 0.0695. The van der Waals surface area contributed by atoms with Gasteiger partial charge in [-0.05, 0) is 19.1 Å². The van der Waals surface area contributed by atoms with Crippen molar-refractivity contribution in [2.75, 3.05) is 12.1 Å². The SMILES string of the molecule is CCn1cc(C(=O)O)c(=O)c2ccc(N(C)N)nc21. The van der Waals surface area contributed by atoms with Gasteiger partial charge in [-0.3, -0.25) is 9.80 Å². The highest BCUT2D eigenvalue weighted by atomic mass is 16.4. The number of aromatic nitrogens is 2. The molecule has 19 heavy (non-hydrogen) atoms. The van der Waals surface area contributed by atoms with E-state index in [1.807, 2.05) is 6.92 Å². The van der Waals surface area contributed by atoms with Crippen LogP contribution in [0.15, 0.2) is 23.1 Å². The van der Waals surface area contributed by atoms with Crippen molar-refractivity contribution in [3.63, 3.8) is 0 Å². The van der Waals surface area contributed by atoms with E-state index in [9.17, 15) is 9.59 Å². The quantitative estimate of drug-likeness (QED) is 0.614. The van der Waals surface area contributed by atoms with Gasteiger partial charge < -0.3 is 9.67 Å². The van der Waals surface area contributed by atoms with Crippen molar-refractivity contribution in [3.8, 4) is 0 Å². The van der Waals surface area contributed by atoms with Crippen LogP contribution >= 0.6 is 0 Å². The number of pyridine rings is 2. The van der Waals surface area contributed by atoms with E-state index < -0.39 is 11.4 Å². The van der Waals surface area contributed by atoms with Crippen LogP contribution in [0, 0.1) is 0 Å². The third-order valence-corrected chi connectivity index (χ3v) is 2.84. The minimum atomic E-state index is -1.24. The second-order valence-corrected chi connectivity index (χ2v) is 4.11. The molecule has 2 heterocycles. The molecule has 2 aromatic rings. The standard InChI is InChI=1S/C12H14N4O3/c1-3-16-6-8(12(18)19)10(17)7-4-5-9(15(2)13)14-11(7)16/h4-6H,3,13H2,1-2H3,(H,18,19). The first-order valence-corrected chi connectivity index (χ1v) is 5.71. The molecule has 0 fully saturated rings. The number of rotatable bonds is 3. The van der Waals surface area contributed by atoms with Crippen molar-refractivity contribution in [2.24, 2.45) is 5.84 Å². The lowest BCUT2D eigenvalue weighted by Gasteiger charge is -2.14. The van der Waals surface area contributed by atoms with Crippen LogP contribution < -0.4 is 16.3 Å². The zero-order valence-corrected chi connectivity index (χ0v) is 10.6. The number of aryl methyl sites for hydroxylation is 1. The molecule has 3 N–H and O–H groups in total. The Kier molecular flexibility index (Phi) is 3.22. The number of hydrogen-bond donors (Lipinski definition) is 2. The van der Waals surface area contributed by atoms with E-state index in [1.54, 1.807) is 23.7 Å². The number of carboxylic acids is 1. The molecule has 0 aliphatic heterocycles. The Labute approximate surface area is 108 Å². The van der Waals surface area contributed by atoms with Gasteiger partial charge in [0.15, 0.2) is 0 Å². The molecule has 0 atom stereocenters. The van der Waals surface area contributed by atoms with Crippen LogP contribution in [-0.2, 0) is 6.54 Å². The zero-order chi connectivity index (χ0) is 14.2. The fourth-order valence-electron chi connectivity index (χ4n) is 1.85. The largest absolute Gasteiger partial charge is 0.477 e. The lowest BCUT2D eigenvalue weighted by Crippen LogP contribution is -2.27. The maximum absolute atomic E-state index is 12.0. The van der Waals surface area contributed by atoms with E-state index in [0.29, 0.717) is 18.0 Å². The highest BCUT2D eigenvalue weighted by Crippen LogP contribution is 2.14. The van der Waals surface area contributed by atoms with Crippen molar-refractivity contribution in [1.82, 2.24) is 9.55 Å². The van der Waals surface area contributed by atoms with Gasteiger partial charge in [-0.15, -0.1) is 0 Å². The van der Waals surface area contributed by atoms with E-state index in [0.717, 1.165) is 0 Å². The minimum absolute atomic E-state index is 0.259. The summed E-state index contributed by atoms with van der Waals surface area (Å²) in [5.41, 5.74) is -0.372. The first kappa shape index (κ1) is 13.0. The van der Waals surface area contributed by atoms with E-state index in [4.69, 9.17) is 10.9 Å². The molecule has 0 amide bonds. The number of fused-ring (bicyclic) bond motifs is 1. The molecular weight excluding hydrogens is 248 g/mol. The van der Waals surface area contributed by atoms with Crippen LogP contribution in [0.1, 0.15) is 17.3 Å². The van der Waals surface area contributed by atoms with Crippen molar-refractivity contribution >= 4 is 22.8 Å². The van der Waals surface area contributed by atoms with Gasteiger partial charge in [0.25, 0.3) is 0 Å². The molecular formula is C12H14N4O3. The summed E-state index contributed by atoms with van der Waals surface area (Å²) in [7, 11) is 1.63. The normalized spacial score (nSPS) is 10.7. The Morgan fingerprint density at radius 1 is 1.53 bits per heavy atom. The Morgan fingerprint density at radius 3 is 2.74 bits per heavy atom. The Balaban J connectivity index is 2.86. The van der Waals surface area contributed by atoms with Gasteiger partial charge in [-0.1, -0.05) is 0 Å². The molecule has 2 aromatic heterocycles. The summed E-state index contributed by atoms with van der Waals surface area (Å²) >= 11 is 0. The fraction of sp³-hybridized carbons (Fsp3) is 0.250. The lowest BCUT2D eigenvalue weighted by atomic mass is 10.2. The van der Waals surface area contributed by atoms with Gasteiger partial charge in [0, 0.05) is 19.8 Å².